The number of ether oxygens (including phenoxy) is 1. The Morgan fingerprint density at radius 1 is 1.33 bits per heavy atom. The molecule has 15 heavy (non-hydrogen) atoms. The van der Waals surface area contributed by atoms with Crippen molar-refractivity contribution < 1.29 is 4.74 Å². The fourth-order valence-corrected chi connectivity index (χ4v) is 2.10. The van der Waals surface area contributed by atoms with Gasteiger partial charge in [0.1, 0.15) is 0 Å². The number of thioether (sulfide) groups is 1. The molecule has 0 saturated carbocycles. The second-order valence-corrected chi connectivity index (χ2v) is 4.59. The van der Waals surface area contributed by atoms with Crippen LogP contribution in [-0.2, 0) is 4.74 Å². The number of benzene rings is 1. The molecule has 0 aliphatic carbocycles. The second-order valence-electron chi connectivity index (χ2n) is 3.43. The molecule has 84 valence electrons. The summed E-state index contributed by atoms with van der Waals surface area (Å²) in [4.78, 5) is 1.28. The highest BCUT2D eigenvalue weighted by atomic mass is 32.2. The molecule has 0 aromatic heterocycles. The van der Waals surface area contributed by atoms with Gasteiger partial charge in [-0.15, -0.1) is 11.8 Å². The molecule has 2 N–H and O–H groups in total. The van der Waals surface area contributed by atoms with E-state index < -0.39 is 0 Å². The summed E-state index contributed by atoms with van der Waals surface area (Å²) in [6.07, 6.45) is 0.982. The molecule has 1 rings (SSSR count). The van der Waals surface area contributed by atoms with E-state index in [0.717, 1.165) is 18.8 Å². The van der Waals surface area contributed by atoms with Gasteiger partial charge in [-0.3, -0.25) is 0 Å². The summed E-state index contributed by atoms with van der Waals surface area (Å²) in [6.45, 7) is 2.90. The molecule has 3 heteroatoms. The third-order valence-corrected chi connectivity index (χ3v) is 3.28. The molecule has 0 radical (unpaired) electrons. The van der Waals surface area contributed by atoms with Gasteiger partial charge in [0.25, 0.3) is 0 Å². The van der Waals surface area contributed by atoms with E-state index in [1.165, 1.54) is 10.5 Å². The van der Waals surface area contributed by atoms with Crippen LogP contribution < -0.4 is 5.73 Å². The highest BCUT2D eigenvalue weighted by Crippen LogP contribution is 2.21. The predicted octanol–water partition coefficient (Wildman–Crippen LogP) is 2.83. The minimum atomic E-state index is 0.169. The Morgan fingerprint density at radius 2 is 2.00 bits per heavy atom. The van der Waals surface area contributed by atoms with Gasteiger partial charge in [-0.25, -0.2) is 0 Å². The van der Waals surface area contributed by atoms with Gasteiger partial charge in [0.05, 0.1) is 6.61 Å². The van der Waals surface area contributed by atoms with Gasteiger partial charge in [0.15, 0.2) is 0 Å². The van der Waals surface area contributed by atoms with Crippen molar-refractivity contribution in [3.05, 3.63) is 29.8 Å². The van der Waals surface area contributed by atoms with E-state index >= 15 is 0 Å². The normalized spacial score (nSPS) is 12.7. The Morgan fingerprint density at radius 3 is 2.53 bits per heavy atom. The average molecular weight is 225 g/mol. The summed E-state index contributed by atoms with van der Waals surface area (Å²) in [7, 11) is 1.73. The van der Waals surface area contributed by atoms with Crippen LogP contribution in [0.25, 0.3) is 0 Å². The van der Waals surface area contributed by atoms with Crippen LogP contribution in [0.4, 0.5) is 0 Å². The summed E-state index contributed by atoms with van der Waals surface area (Å²) < 4.78 is 5.00. The number of methoxy groups -OCH3 is 1. The van der Waals surface area contributed by atoms with E-state index in [4.69, 9.17) is 10.5 Å². The second kappa shape index (κ2) is 6.88. The minimum absolute atomic E-state index is 0.169. The summed E-state index contributed by atoms with van der Waals surface area (Å²) in [5, 5.41) is 0. The van der Waals surface area contributed by atoms with Crippen LogP contribution in [0.15, 0.2) is 29.2 Å². The molecular formula is C12H19NOS. The summed E-state index contributed by atoms with van der Waals surface area (Å²) >= 11 is 1.81. The smallest absolute Gasteiger partial charge is 0.0556 e. The first-order chi connectivity index (χ1) is 7.27. The highest BCUT2D eigenvalue weighted by molar-refractivity contribution is 7.99. The van der Waals surface area contributed by atoms with E-state index in [2.05, 4.69) is 31.2 Å². The number of hydrogen-bond acceptors (Lipinski definition) is 3. The zero-order valence-corrected chi connectivity index (χ0v) is 10.2. The molecule has 2 nitrogen and oxygen atoms in total. The molecule has 0 fully saturated rings. The lowest BCUT2D eigenvalue weighted by Crippen LogP contribution is -2.08. The zero-order valence-electron chi connectivity index (χ0n) is 9.40. The maximum Gasteiger partial charge on any atom is 0.0556 e. The van der Waals surface area contributed by atoms with Crippen molar-refractivity contribution in [2.45, 2.75) is 24.3 Å². The van der Waals surface area contributed by atoms with E-state index in [1.54, 1.807) is 7.11 Å². The quantitative estimate of drug-likeness (QED) is 0.597. The topological polar surface area (TPSA) is 35.2 Å². The Kier molecular flexibility index (Phi) is 5.76. The standard InChI is InChI=1S/C12H19NOS/c1-3-12(13)10-4-6-11(7-5-10)15-9-8-14-2/h4-7,12H,3,8-9,13H2,1-2H3. The molecule has 0 heterocycles. The fraction of sp³-hybridized carbons (Fsp3) is 0.500. The van der Waals surface area contributed by atoms with Gasteiger partial charge in [-0.2, -0.15) is 0 Å². The third-order valence-electron chi connectivity index (χ3n) is 2.30. The maximum atomic E-state index is 5.94. The molecule has 1 atom stereocenters. The molecule has 0 aliphatic heterocycles. The van der Waals surface area contributed by atoms with Gasteiger partial charge >= 0.3 is 0 Å². The molecule has 0 aliphatic rings. The van der Waals surface area contributed by atoms with Crippen molar-refractivity contribution in [3.63, 3.8) is 0 Å². The number of nitrogens with two attached hydrogens (primary N) is 1. The summed E-state index contributed by atoms with van der Waals surface area (Å²) in [6, 6.07) is 8.66. The lowest BCUT2D eigenvalue weighted by atomic mass is 10.1. The molecule has 0 bridgehead atoms. The van der Waals surface area contributed by atoms with E-state index in [9.17, 15) is 0 Å². The van der Waals surface area contributed by atoms with Crippen molar-refractivity contribution in [3.8, 4) is 0 Å². The van der Waals surface area contributed by atoms with Crippen molar-refractivity contribution in [2.24, 2.45) is 5.73 Å². The van der Waals surface area contributed by atoms with Crippen molar-refractivity contribution in [2.75, 3.05) is 19.5 Å². The van der Waals surface area contributed by atoms with Crippen LogP contribution in [0.3, 0.4) is 0 Å². The largest absolute Gasteiger partial charge is 0.384 e. The molecule has 0 spiro atoms. The average Bonchev–Trinajstić information content (AvgIpc) is 2.29. The number of rotatable bonds is 6. The molecule has 1 unspecified atom stereocenters. The molecular weight excluding hydrogens is 206 g/mol. The van der Waals surface area contributed by atoms with Crippen molar-refractivity contribution in [1.82, 2.24) is 0 Å². The monoisotopic (exact) mass is 225 g/mol. The lowest BCUT2D eigenvalue weighted by Gasteiger charge is -2.09. The Labute approximate surface area is 96.2 Å². The number of hydrogen-bond donors (Lipinski definition) is 1. The first-order valence-electron chi connectivity index (χ1n) is 5.25. The van der Waals surface area contributed by atoms with Crippen LogP contribution in [0.5, 0.6) is 0 Å². The summed E-state index contributed by atoms with van der Waals surface area (Å²) in [5.74, 6) is 0.996. The third kappa shape index (κ3) is 4.24. The van der Waals surface area contributed by atoms with Gasteiger partial charge in [-0.1, -0.05) is 19.1 Å². The van der Waals surface area contributed by atoms with Crippen LogP contribution in [0.2, 0.25) is 0 Å². The minimum Gasteiger partial charge on any atom is -0.384 e. The highest BCUT2D eigenvalue weighted by Gasteiger charge is 2.02. The van der Waals surface area contributed by atoms with Gasteiger partial charge in [0.2, 0.25) is 0 Å². The SMILES string of the molecule is CCC(N)c1ccc(SCCOC)cc1. The first kappa shape index (κ1) is 12.6. The van der Waals surface area contributed by atoms with Crippen LogP contribution in [-0.4, -0.2) is 19.5 Å². The first-order valence-corrected chi connectivity index (χ1v) is 6.23. The van der Waals surface area contributed by atoms with Crippen LogP contribution in [0.1, 0.15) is 24.9 Å². The molecule has 1 aromatic rings. The molecule has 1 aromatic carbocycles. The van der Waals surface area contributed by atoms with E-state index in [1.807, 2.05) is 11.8 Å². The Balaban J connectivity index is 2.49. The van der Waals surface area contributed by atoms with Crippen LogP contribution in [0, 0.1) is 0 Å². The zero-order chi connectivity index (χ0) is 11.1. The van der Waals surface area contributed by atoms with E-state index in [0.29, 0.717) is 0 Å². The Bertz CT molecular complexity index is 273. The summed E-state index contributed by atoms with van der Waals surface area (Å²) in [5.41, 5.74) is 7.16. The van der Waals surface area contributed by atoms with Crippen molar-refractivity contribution in [1.29, 1.82) is 0 Å². The van der Waals surface area contributed by atoms with Gasteiger partial charge in [-0.05, 0) is 24.1 Å². The van der Waals surface area contributed by atoms with E-state index in [-0.39, 0.29) is 6.04 Å². The fourth-order valence-electron chi connectivity index (χ4n) is 1.29. The Hall–Kier alpha value is -0.510. The van der Waals surface area contributed by atoms with Crippen molar-refractivity contribution >= 4 is 11.8 Å². The molecule has 0 saturated heterocycles. The predicted molar refractivity (Wildman–Crippen MR) is 66.3 cm³/mol. The van der Waals surface area contributed by atoms with Gasteiger partial charge in [0, 0.05) is 23.8 Å². The maximum absolute atomic E-state index is 5.94. The van der Waals surface area contributed by atoms with Crippen LogP contribution >= 0.6 is 11.8 Å². The molecule has 0 amide bonds. The lowest BCUT2D eigenvalue weighted by molar-refractivity contribution is 0.218. The van der Waals surface area contributed by atoms with Gasteiger partial charge < -0.3 is 10.5 Å².